The second-order valence-electron chi connectivity index (χ2n) is 8.57. The van der Waals surface area contributed by atoms with Gasteiger partial charge in [-0.3, -0.25) is 0 Å². The van der Waals surface area contributed by atoms with Crippen LogP contribution in [0.25, 0.3) is 0 Å². The lowest BCUT2D eigenvalue weighted by Gasteiger charge is -2.45. The average Bonchev–Trinajstić information content (AvgIpc) is 3.26. The summed E-state index contributed by atoms with van der Waals surface area (Å²) in [4.78, 5) is 0. The molecule has 0 aromatic heterocycles. The maximum atomic E-state index is 7.01. The lowest BCUT2D eigenvalue weighted by molar-refractivity contribution is 0.244. The number of rotatable bonds is 6. The number of hydrogen-bond acceptors (Lipinski definition) is 2. The van der Waals surface area contributed by atoms with Crippen LogP contribution in [0.15, 0.2) is 22.9 Å². The molecule has 2 fully saturated rings. The van der Waals surface area contributed by atoms with E-state index >= 15 is 0 Å². The van der Waals surface area contributed by atoms with Gasteiger partial charge >= 0.3 is 0 Å². The van der Waals surface area contributed by atoms with Gasteiger partial charge in [-0.05, 0) is 55.9 Å². The minimum absolute atomic E-state index is 0.0967. The van der Waals surface area contributed by atoms with Crippen LogP contribution in [-0.4, -0.2) is 6.04 Å². The van der Waals surface area contributed by atoms with Gasteiger partial charge in [-0.25, -0.2) is 0 Å². The Morgan fingerprint density at radius 3 is 2.21 bits per heavy atom. The average molecular weight is 331 g/mol. The fraction of sp³-hybridized carbons (Fsp3) is 0.818. The number of nitrogens with two attached hydrogens (primary N) is 2. The van der Waals surface area contributed by atoms with Gasteiger partial charge in [0, 0.05) is 17.2 Å². The summed E-state index contributed by atoms with van der Waals surface area (Å²) in [5, 5.41) is 0. The summed E-state index contributed by atoms with van der Waals surface area (Å²) in [5.74, 6) is 1.39. The first-order chi connectivity index (χ1) is 11.6. The Kier molecular flexibility index (Phi) is 5.74. The van der Waals surface area contributed by atoms with E-state index in [9.17, 15) is 0 Å². The molecule has 0 radical (unpaired) electrons. The van der Waals surface area contributed by atoms with E-state index in [4.69, 9.17) is 11.5 Å². The molecule has 3 aliphatic rings. The first-order valence-electron chi connectivity index (χ1n) is 10.6. The molecule has 2 heteroatoms. The van der Waals surface area contributed by atoms with Crippen molar-refractivity contribution in [2.75, 3.05) is 0 Å². The summed E-state index contributed by atoms with van der Waals surface area (Å²) >= 11 is 0. The molecule has 2 atom stereocenters. The molecule has 0 aromatic rings. The predicted molar refractivity (Wildman–Crippen MR) is 103 cm³/mol. The fourth-order valence-corrected chi connectivity index (χ4v) is 5.96. The quantitative estimate of drug-likeness (QED) is 0.638. The molecule has 0 amide bonds. The zero-order chi connectivity index (χ0) is 17.2. The second-order valence-corrected chi connectivity index (χ2v) is 8.57. The third kappa shape index (κ3) is 3.07. The monoisotopic (exact) mass is 330 g/mol. The van der Waals surface area contributed by atoms with Gasteiger partial charge in [0.05, 0.1) is 0 Å². The van der Waals surface area contributed by atoms with Crippen LogP contribution < -0.4 is 11.5 Å². The highest BCUT2D eigenvalue weighted by Crippen LogP contribution is 2.53. The Bertz CT molecular complexity index is 492. The molecule has 0 aromatic carbocycles. The van der Waals surface area contributed by atoms with Crippen LogP contribution in [0.1, 0.15) is 90.9 Å². The molecule has 0 heterocycles. The Morgan fingerprint density at radius 1 is 1.00 bits per heavy atom. The van der Waals surface area contributed by atoms with E-state index in [1.165, 1.54) is 87.5 Å². The summed E-state index contributed by atoms with van der Waals surface area (Å²) in [7, 11) is 0. The first-order valence-corrected chi connectivity index (χ1v) is 10.6. The minimum atomic E-state index is 0.0967. The Balaban J connectivity index is 2.07. The highest BCUT2D eigenvalue weighted by atomic mass is 14.8. The van der Waals surface area contributed by atoms with Crippen LogP contribution in [0.3, 0.4) is 0 Å². The SMILES string of the molecule is CCCC1=CC(CCC)(C2CCCC2)C(N)=C(C2CCCC2)C1N. The third-order valence-electron chi connectivity index (χ3n) is 7.07. The van der Waals surface area contributed by atoms with Gasteiger partial charge in [0.2, 0.25) is 0 Å². The third-order valence-corrected chi connectivity index (χ3v) is 7.07. The Morgan fingerprint density at radius 2 is 1.62 bits per heavy atom. The van der Waals surface area contributed by atoms with Gasteiger partial charge in [0.15, 0.2) is 0 Å². The first kappa shape index (κ1) is 18.0. The van der Waals surface area contributed by atoms with E-state index in [1.54, 1.807) is 0 Å². The summed E-state index contributed by atoms with van der Waals surface area (Å²) < 4.78 is 0. The molecule has 3 rings (SSSR count). The van der Waals surface area contributed by atoms with Gasteiger partial charge in [-0.1, -0.05) is 64.0 Å². The molecule has 0 bridgehead atoms. The van der Waals surface area contributed by atoms with Gasteiger partial charge in [0.1, 0.15) is 0 Å². The van der Waals surface area contributed by atoms with Gasteiger partial charge in [0.25, 0.3) is 0 Å². The maximum Gasteiger partial charge on any atom is 0.0493 e. The zero-order valence-corrected chi connectivity index (χ0v) is 15.9. The number of allylic oxidation sites excluding steroid dienone is 1. The van der Waals surface area contributed by atoms with E-state index < -0.39 is 0 Å². The molecule has 2 saturated carbocycles. The molecule has 136 valence electrons. The van der Waals surface area contributed by atoms with Gasteiger partial charge in [-0.2, -0.15) is 0 Å². The van der Waals surface area contributed by atoms with E-state index in [0.29, 0.717) is 5.92 Å². The smallest absolute Gasteiger partial charge is 0.0493 e. The fourth-order valence-electron chi connectivity index (χ4n) is 5.96. The predicted octanol–water partition coefficient (Wildman–Crippen LogP) is 5.43. The molecule has 2 nitrogen and oxygen atoms in total. The molecule has 24 heavy (non-hydrogen) atoms. The molecule has 0 spiro atoms. The van der Waals surface area contributed by atoms with E-state index in [-0.39, 0.29) is 11.5 Å². The largest absolute Gasteiger partial charge is 0.401 e. The minimum Gasteiger partial charge on any atom is -0.401 e. The number of hydrogen-bond donors (Lipinski definition) is 2. The van der Waals surface area contributed by atoms with E-state index in [0.717, 1.165) is 12.3 Å². The molecular formula is C22H38N2. The lowest BCUT2D eigenvalue weighted by Crippen LogP contribution is -2.44. The molecule has 2 unspecified atom stereocenters. The normalized spacial score (nSPS) is 32.6. The zero-order valence-electron chi connectivity index (χ0n) is 15.9. The van der Waals surface area contributed by atoms with Crippen molar-refractivity contribution in [3.63, 3.8) is 0 Å². The van der Waals surface area contributed by atoms with E-state index in [2.05, 4.69) is 19.9 Å². The van der Waals surface area contributed by atoms with Crippen molar-refractivity contribution in [1.29, 1.82) is 0 Å². The van der Waals surface area contributed by atoms with Crippen molar-refractivity contribution in [1.82, 2.24) is 0 Å². The van der Waals surface area contributed by atoms with Crippen molar-refractivity contribution in [3.8, 4) is 0 Å². The van der Waals surface area contributed by atoms with Gasteiger partial charge < -0.3 is 11.5 Å². The second kappa shape index (κ2) is 7.64. The van der Waals surface area contributed by atoms with Crippen LogP contribution >= 0.6 is 0 Å². The highest BCUT2D eigenvalue weighted by molar-refractivity contribution is 5.43. The molecule has 4 N–H and O–H groups in total. The summed E-state index contributed by atoms with van der Waals surface area (Å²) in [6, 6.07) is 0.0967. The van der Waals surface area contributed by atoms with Crippen LogP contribution in [0.5, 0.6) is 0 Å². The van der Waals surface area contributed by atoms with Crippen molar-refractivity contribution < 1.29 is 0 Å². The Hall–Kier alpha value is -0.760. The Labute approximate surface area is 149 Å². The van der Waals surface area contributed by atoms with Crippen LogP contribution in [0.4, 0.5) is 0 Å². The van der Waals surface area contributed by atoms with Crippen molar-refractivity contribution in [3.05, 3.63) is 22.9 Å². The van der Waals surface area contributed by atoms with E-state index in [1.807, 2.05) is 0 Å². The maximum absolute atomic E-state index is 7.01. The molecule has 0 saturated heterocycles. The highest BCUT2D eigenvalue weighted by Gasteiger charge is 2.46. The van der Waals surface area contributed by atoms with Crippen LogP contribution in [0.2, 0.25) is 0 Å². The molecule has 3 aliphatic carbocycles. The molecular weight excluding hydrogens is 292 g/mol. The van der Waals surface area contributed by atoms with Crippen molar-refractivity contribution in [2.45, 2.75) is 96.9 Å². The van der Waals surface area contributed by atoms with Crippen molar-refractivity contribution in [2.24, 2.45) is 28.7 Å². The van der Waals surface area contributed by atoms with Crippen molar-refractivity contribution >= 4 is 0 Å². The summed E-state index contributed by atoms with van der Waals surface area (Å²) in [6.07, 6.45) is 18.1. The summed E-state index contributed by atoms with van der Waals surface area (Å²) in [6.45, 7) is 4.60. The molecule has 0 aliphatic heterocycles. The lowest BCUT2D eigenvalue weighted by atomic mass is 9.61. The van der Waals surface area contributed by atoms with Crippen LogP contribution in [0, 0.1) is 17.3 Å². The van der Waals surface area contributed by atoms with Gasteiger partial charge in [-0.15, -0.1) is 0 Å². The topological polar surface area (TPSA) is 52.0 Å². The standard InChI is InChI=1S/C22H38N2/c1-3-9-17-15-22(14-4-2,18-12-7-8-13-18)21(24)19(20(17)23)16-10-5-6-11-16/h15-16,18,20H,3-14,23-24H2,1-2H3. The van der Waals surface area contributed by atoms with Crippen LogP contribution in [-0.2, 0) is 0 Å². The summed E-state index contributed by atoms with van der Waals surface area (Å²) in [5.41, 5.74) is 18.1.